The maximum Gasteiger partial charge on any atom is 0.318 e. The Morgan fingerprint density at radius 2 is 0.808 bits per heavy atom. The van der Waals surface area contributed by atoms with Crippen LogP contribution in [0, 0.1) is 52.7 Å². The second kappa shape index (κ2) is 11.0. The third kappa shape index (κ3) is 5.46. The van der Waals surface area contributed by atoms with Crippen LogP contribution < -0.4 is 0 Å². The summed E-state index contributed by atoms with van der Waals surface area (Å²) in [5.74, 6) is 8.14. The summed E-state index contributed by atoms with van der Waals surface area (Å²) < 4.78 is 9.26. The second-order valence-electron chi connectivity index (χ2n) is 6.17. The van der Waals surface area contributed by atoms with Gasteiger partial charge in [0, 0.05) is 28.9 Å². The van der Waals surface area contributed by atoms with Crippen molar-refractivity contribution < 1.29 is 36.1 Å². The van der Waals surface area contributed by atoms with Crippen molar-refractivity contribution in [3.05, 3.63) is 52.7 Å². The average Bonchev–Trinajstić information content (AvgIpc) is 3.00. The fourth-order valence-electron chi connectivity index (χ4n) is 2.63. The molecule has 0 aromatic heterocycles. The van der Waals surface area contributed by atoms with Crippen molar-refractivity contribution in [1.82, 2.24) is 0 Å². The number of methoxy groups -OCH3 is 2. The van der Waals surface area contributed by atoms with Gasteiger partial charge in [0.1, 0.15) is 11.3 Å². The van der Waals surface area contributed by atoms with Gasteiger partial charge in [0.05, 0.1) is 14.2 Å². The van der Waals surface area contributed by atoms with Gasteiger partial charge in [0.2, 0.25) is 0 Å². The predicted molar refractivity (Wildman–Crippen MR) is 99.9 cm³/mol. The van der Waals surface area contributed by atoms with Crippen LogP contribution in [0.3, 0.4) is 0 Å². The first-order valence-electron chi connectivity index (χ1n) is 8.08. The van der Waals surface area contributed by atoms with E-state index in [9.17, 15) is 9.59 Å². The molecule has 0 bridgehead atoms. The average molecular weight is 418 g/mol. The number of carbonyl (C=O) groups excluding carboxylic acids is 2. The van der Waals surface area contributed by atoms with Crippen molar-refractivity contribution in [1.29, 1.82) is 0 Å². The molecule has 2 fully saturated rings. The molecule has 1 aliphatic carbocycles. The van der Waals surface area contributed by atoms with Crippen LogP contribution in [0.15, 0.2) is 0 Å². The van der Waals surface area contributed by atoms with E-state index in [2.05, 4.69) is 44.1 Å². The maximum absolute atomic E-state index is 11.4. The number of esters is 2. The molecule has 144 valence electrons. The first-order chi connectivity index (χ1) is 11.6. The van der Waals surface area contributed by atoms with E-state index in [1.807, 2.05) is 0 Å². The fourth-order valence-corrected chi connectivity index (χ4v) is 3.89. The van der Waals surface area contributed by atoms with Gasteiger partial charge >= 0.3 is 11.9 Å². The summed E-state index contributed by atoms with van der Waals surface area (Å²) in [6.45, 7) is 14.6. The smallest absolute Gasteiger partial charge is 0.318 e. The molecule has 0 aromatic carbocycles. The molecular formula is C20H27FeO4P. The van der Waals surface area contributed by atoms with Crippen LogP contribution in [-0.2, 0) is 36.1 Å². The summed E-state index contributed by atoms with van der Waals surface area (Å²) >= 11 is 0. The van der Waals surface area contributed by atoms with Gasteiger partial charge in [0.15, 0.2) is 0 Å². The summed E-state index contributed by atoms with van der Waals surface area (Å²) in [7, 11) is 3.22. The molecule has 1 aliphatic heterocycles. The second-order valence-corrected chi connectivity index (χ2v) is 7.29. The van der Waals surface area contributed by atoms with E-state index in [-0.39, 0.29) is 17.1 Å². The SMILES string of the molecule is COC(=O)[C]1[P][C](C(=O)OC)[C](C)[C]1C.C[C]1[C](C)[C](C)[C](C)[C]1C.[Fe]. The van der Waals surface area contributed by atoms with E-state index in [1.165, 1.54) is 43.8 Å². The van der Waals surface area contributed by atoms with Crippen LogP contribution in [-0.4, -0.2) is 26.2 Å². The first kappa shape index (κ1) is 25.9. The summed E-state index contributed by atoms with van der Waals surface area (Å²) in [5.41, 5.74) is 1.02. The molecule has 1 saturated heterocycles. The quantitative estimate of drug-likeness (QED) is 0.376. The molecule has 10 radical (unpaired) electrons. The van der Waals surface area contributed by atoms with E-state index in [0.29, 0.717) is 19.9 Å². The molecule has 0 atom stereocenters. The van der Waals surface area contributed by atoms with Gasteiger partial charge in [-0.25, -0.2) is 0 Å². The van der Waals surface area contributed by atoms with Gasteiger partial charge < -0.3 is 9.47 Å². The predicted octanol–water partition coefficient (Wildman–Crippen LogP) is 4.51. The number of carbonyl (C=O) groups is 2. The van der Waals surface area contributed by atoms with E-state index in [1.54, 1.807) is 13.8 Å². The van der Waals surface area contributed by atoms with Crippen LogP contribution in [0.5, 0.6) is 0 Å². The standard InChI is InChI=1S/C10H12O4P.C10H15.Fe/c1-5-6(2)8(10(12)14-4)15-7(5)9(11)13-3;1-6-7(2)9(4)10(5)8(6)3;/h1-4H3;1-5H3;. The Balaban J connectivity index is 0.000000497. The minimum Gasteiger partial charge on any atom is -0.468 e. The molecule has 6 heteroatoms. The Kier molecular flexibility index (Phi) is 11.0. The van der Waals surface area contributed by atoms with Crippen LogP contribution in [0.25, 0.3) is 0 Å². The topological polar surface area (TPSA) is 52.6 Å². The summed E-state index contributed by atoms with van der Waals surface area (Å²) in [6.07, 6.45) is 0. The molecule has 1 saturated carbocycles. The molecule has 2 rings (SSSR count). The van der Waals surface area contributed by atoms with Gasteiger partial charge in [-0.05, 0) is 38.2 Å². The summed E-state index contributed by atoms with van der Waals surface area (Å²) in [6, 6.07) is 0. The molecule has 4 nitrogen and oxygen atoms in total. The Morgan fingerprint density at radius 1 is 0.577 bits per heavy atom. The van der Waals surface area contributed by atoms with Gasteiger partial charge in [-0.15, -0.1) is 0 Å². The normalized spacial score (nSPS) is 22.8. The molecule has 0 amide bonds. The van der Waals surface area contributed by atoms with Crippen LogP contribution >= 0.6 is 8.58 Å². The van der Waals surface area contributed by atoms with E-state index in [0.717, 1.165) is 11.8 Å². The molecule has 2 aliphatic rings. The Bertz CT molecular complexity index is 402. The summed E-state index contributed by atoms with van der Waals surface area (Å²) in [5, 5.41) is 0. The minimum absolute atomic E-state index is 0. The van der Waals surface area contributed by atoms with Crippen molar-refractivity contribution in [2.75, 3.05) is 14.2 Å². The van der Waals surface area contributed by atoms with E-state index >= 15 is 0 Å². The summed E-state index contributed by atoms with van der Waals surface area (Å²) in [4.78, 5) is 22.7. The van der Waals surface area contributed by atoms with Crippen LogP contribution in [0.1, 0.15) is 48.5 Å². The van der Waals surface area contributed by atoms with Gasteiger partial charge in [-0.1, -0.05) is 48.5 Å². The zero-order valence-electron chi connectivity index (χ0n) is 16.9. The minimum atomic E-state index is -0.396. The van der Waals surface area contributed by atoms with Gasteiger partial charge in [-0.2, -0.15) is 0 Å². The molecule has 26 heavy (non-hydrogen) atoms. The largest absolute Gasteiger partial charge is 0.468 e. The Labute approximate surface area is 172 Å². The van der Waals surface area contributed by atoms with Crippen molar-refractivity contribution in [3.63, 3.8) is 0 Å². The molecular weight excluding hydrogens is 391 g/mol. The third-order valence-electron chi connectivity index (χ3n) is 5.07. The fraction of sp³-hybridized carbons (Fsp3) is 0.450. The zero-order valence-corrected chi connectivity index (χ0v) is 18.9. The van der Waals surface area contributed by atoms with Crippen molar-refractivity contribution in [2.45, 2.75) is 48.5 Å². The Hall–Kier alpha value is -0.111. The van der Waals surface area contributed by atoms with Crippen molar-refractivity contribution in [2.24, 2.45) is 0 Å². The number of hydrogen-bond donors (Lipinski definition) is 0. The monoisotopic (exact) mass is 418 g/mol. The molecule has 0 aromatic rings. The van der Waals surface area contributed by atoms with Crippen LogP contribution in [0.2, 0.25) is 0 Å². The van der Waals surface area contributed by atoms with Crippen LogP contribution in [0.4, 0.5) is 0 Å². The third-order valence-corrected chi connectivity index (χ3v) is 6.55. The van der Waals surface area contributed by atoms with Crippen molar-refractivity contribution >= 4 is 20.5 Å². The number of rotatable bonds is 2. The maximum atomic E-state index is 11.4. The molecule has 0 N–H and O–H groups in total. The van der Waals surface area contributed by atoms with E-state index < -0.39 is 11.9 Å². The molecule has 0 unspecified atom stereocenters. The van der Waals surface area contributed by atoms with E-state index in [4.69, 9.17) is 0 Å². The molecule has 1 heterocycles. The Morgan fingerprint density at radius 3 is 1.00 bits per heavy atom. The first-order valence-corrected chi connectivity index (χ1v) is 8.97. The zero-order chi connectivity index (χ0) is 19.5. The van der Waals surface area contributed by atoms with Gasteiger partial charge in [-0.3, -0.25) is 9.59 Å². The van der Waals surface area contributed by atoms with Gasteiger partial charge in [0.25, 0.3) is 0 Å². The number of hydrogen-bond acceptors (Lipinski definition) is 4. The van der Waals surface area contributed by atoms with Crippen molar-refractivity contribution in [3.8, 4) is 0 Å². The number of ether oxygens (including phenoxy) is 2. The molecule has 0 spiro atoms.